The Balaban J connectivity index is -0.000000656. The van der Waals surface area contributed by atoms with Crippen molar-refractivity contribution >= 4 is 22.6 Å². The molecule has 0 heterocycles. The molecule has 0 saturated carbocycles. The summed E-state index contributed by atoms with van der Waals surface area (Å²) < 4.78 is 51.0. The van der Waals surface area contributed by atoms with Crippen LogP contribution in [-0.2, 0) is 23.3 Å². The number of rotatable bonds is 37. The van der Waals surface area contributed by atoms with Crippen LogP contribution in [0.2, 0.25) is 30.3 Å². The average molecular weight is 1080 g/mol. The molecule has 0 aromatic rings. The van der Waals surface area contributed by atoms with Gasteiger partial charge in [0.05, 0.1) is 38.6 Å². The maximum atomic E-state index is 9.04. The Morgan fingerprint density at radius 2 is 0.882 bits per heavy atom. The molecule has 0 aliphatic heterocycles. The topological polar surface area (TPSA) is 82.1 Å². The summed E-state index contributed by atoms with van der Waals surface area (Å²) >= 11 is 0. The van der Waals surface area contributed by atoms with Crippen LogP contribution in [0, 0.1) is 10.8 Å². The smallest absolute Gasteiger partial charge is 0.200 e. The first kappa shape index (κ1) is 75.3. The van der Waals surface area contributed by atoms with Gasteiger partial charge in [-0.25, -0.2) is 0 Å². The van der Waals surface area contributed by atoms with Gasteiger partial charge in [-0.1, -0.05) is 188 Å². The fourth-order valence-corrected chi connectivity index (χ4v) is 14.0. The van der Waals surface area contributed by atoms with Crippen molar-refractivity contribution in [1.29, 1.82) is 0 Å². The van der Waals surface area contributed by atoms with Crippen molar-refractivity contribution in [2.75, 3.05) is 26.4 Å². The van der Waals surface area contributed by atoms with E-state index in [1.807, 2.05) is 0 Å². The van der Waals surface area contributed by atoms with Crippen molar-refractivity contribution in [3.8, 4) is 0 Å². The van der Waals surface area contributed by atoms with Crippen molar-refractivity contribution in [3.63, 3.8) is 0 Å². The van der Waals surface area contributed by atoms with E-state index in [0.29, 0.717) is 36.4 Å². The Bertz CT molecular complexity index is 1810. The second kappa shape index (κ2) is 48.1. The van der Waals surface area contributed by atoms with Gasteiger partial charge in [-0.3, -0.25) is 0 Å². The van der Waals surface area contributed by atoms with Crippen LogP contribution in [0.15, 0.2) is 119 Å². The fourth-order valence-electron chi connectivity index (χ4n) is 8.51. The molecule has 2 atom stereocenters. The van der Waals surface area contributed by atoms with Crippen LogP contribution in [0.1, 0.15) is 231 Å². The van der Waals surface area contributed by atoms with Crippen LogP contribution in [0.4, 0.5) is 0 Å². The van der Waals surface area contributed by atoms with E-state index >= 15 is 0 Å². The van der Waals surface area contributed by atoms with Crippen molar-refractivity contribution in [3.05, 3.63) is 119 Å². The van der Waals surface area contributed by atoms with Gasteiger partial charge in [-0.15, -0.1) is 0 Å². The number of ether oxygens (including phenoxy) is 2. The van der Waals surface area contributed by atoms with Crippen molar-refractivity contribution in [1.82, 2.24) is 0 Å². The van der Waals surface area contributed by atoms with Gasteiger partial charge >= 0.3 is 37.4 Å². The van der Waals surface area contributed by atoms with Crippen molar-refractivity contribution < 1.29 is 31.2 Å². The molecule has 0 spiro atoms. The van der Waals surface area contributed by atoms with Gasteiger partial charge in [0.1, 0.15) is 0 Å². The SMILES string of the molecule is CB=O.CB=O.[2H]CC(CO)OC/C=C(/C)CC/C=C/C(C)(C)CCC(=C)C/C=C(\C)CCC=C(C)C.[2H]CC(CO[Si](C(C)C)(C(C)C)C(C)C)OC/C=C(/C)CC/C=C/C(C)(C)CCC(=C)C/C=C(\C)CCC=C(C)C. The molecule has 0 aromatic heterocycles. The number of aliphatic hydroxyl groups is 1. The molecular weight excluding hydrogens is 950 g/mol. The molecule has 2 unspecified atom stereocenters. The van der Waals surface area contributed by atoms with E-state index in [1.165, 1.54) is 58.2 Å². The number of aliphatic hydroxyl groups excluding tert-OH is 1. The Kier molecular flexibility index (Phi) is 47.7. The first-order valence-electron chi connectivity index (χ1n) is 30.3. The van der Waals surface area contributed by atoms with Gasteiger partial charge < -0.3 is 19.0 Å². The molecular formula is C67H122B2O6Si. The molecule has 0 saturated heterocycles. The molecule has 0 radical (unpaired) electrons. The Hall–Kier alpha value is -2.81. The molecule has 76 heavy (non-hydrogen) atoms. The third-order valence-electron chi connectivity index (χ3n) is 13.4. The van der Waals surface area contributed by atoms with Crippen molar-refractivity contribution in [2.24, 2.45) is 10.8 Å². The first-order chi connectivity index (χ1) is 36.5. The predicted octanol–water partition coefficient (Wildman–Crippen LogP) is 20.6. The zero-order valence-corrected chi connectivity index (χ0v) is 54.4. The summed E-state index contributed by atoms with van der Waals surface area (Å²) in [5.41, 5.74) is 13.0. The molecule has 1 N–H and O–H groups in total. The number of hydrogen-bond acceptors (Lipinski definition) is 6. The molecule has 0 aliphatic rings. The summed E-state index contributed by atoms with van der Waals surface area (Å²) in [5, 5.41) is 9.04. The summed E-state index contributed by atoms with van der Waals surface area (Å²) in [6.45, 7) is 53.7. The van der Waals surface area contributed by atoms with Gasteiger partial charge in [0, 0.05) is 2.74 Å². The molecule has 0 fully saturated rings. The Morgan fingerprint density at radius 3 is 1.20 bits per heavy atom. The van der Waals surface area contributed by atoms with E-state index in [1.54, 1.807) is 0 Å². The molecule has 0 bridgehead atoms. The van der Waals surface area contributed by atoms with E-state index in [4.69, 9.17) is 31.2 Å². The minimum absolute atomic E-state index is 0.0905. The van der Waals surface area contributed by atoms with Gasteiger partial charge in [-0.05, 0) is 187 Å². The molecule has 6 nitrogen and oxygen atoms in total. The van der Waals surface area contributed by atoms with E-state index in [0.717, 1.165) is 104 Å². The van der Waals surface area contributed by atoms with Crippen LogP contribution in [-0.4, -0.2) is 66.4 Å². The van der Waals surface area contributed by atoms with E-state index in [-0.39, 0.29) is 43.4 Å². The molecule has 0 rings (SSSR count). The number of allylic oxidation sites excluding steroid dienone is 16. The molecule has 0 aromatic carbocycles. The molecule has 436 valence electrons. The average Bonchev–Trinajstić information content (AvgIpc) is 3.35. The van der Waals surface area contributed by atoms with E-state index < -0.39 is 8.32 Å². The van der Waals surface area contributed by atoms with Crippen LogP contribution in [0.3, 0.4) is 0 Å². The largest absolute Gasteiger partial charge is 0.413 e. The first-order valence-corrected chi connectivity index (χ1v) is 31.1. The van der Waals surface area contributed by atoms with Gasteiger partial charge in [-0.2, -0.15) is 0 Å². The molecule has 0 aliphatic carbocycles. The van der Waals surface area contributed by atoms with E-state index in [9.17, 15) is 0 Å². The van der Waals surface area contributed by atoms with E-state index in [2.05, 4.69) is 199 Å². The Labute approximate surface area is 478 Å². The monoisotopic (exact) mass is 1070 g/mol. The summed E-state index contributed by atoms with van der Waals surface area (Å²) in [6, 6.07) is 0. The minimum Gasteiger partial charge on any atom is -0.413 e. The van der Waals surface area contributed by atoms with Crippen LogP contribution >= 0.6 is 0 Å². The summed E-state index contributed by atoms with van der Waals surface area (Å²) in [6.07, 6.45) is 37.4. The zero-order valence-electron chi connectivity index (χ0n) is 55.4. The zero-order chi connectivity index (χ0) is 60.8. The third kappa shape index (κ3) is 48.3. The van der Waals surface area contributed by atoms with Crippen LogP contribution in [0.25, 0.3) is 0 Å². The third-order valence-corrected chi connectivity index (χ3v) is 19.5. The molecule has 0 amide bonds. The van der Waals surface area contributed by atoms with Crippen LogP contribution in [0.5, 0.6) is 0 Å². The van der Waals surface area contributed by atoms with Gasteiger partial charge in [0.15, 0.2) is 8.32 Å². The van der Waals surface area contributed by atoms with Crippen molar-refractivity contribution in [2.45, 2.75) is 271 Å². The Morgan fingerprint density at radius 1 is 0.553 bits per heavy atom. The standard InChI is InChI=1S/C37H68O2Si.C28H48O2.2CH3BO/c1-29(2)18-17-20-33(9)21-22-35(11)23-26-37(13,14)25-16-15-19-34(10)24-27-38-36(12)28-39-40(30(3)4,31(5)6)32(7)8;1-23(2)12-11-14-24(3)15-16-26(5)17-20-28(7,8)19-10-9-13-25(4)18-21-30-27(6)22-29;2*1-2-3/h16,18,21,24-25,30-32,36H,11,15,17,19-20,22-23,26-28H2,1-10,12-14H3;10,12,15,18-19,27,29H,5,9,11,13-14,16-17,20-22H2,1-4,6-8H3;2*1H3/b25-16+,33-21+,34-24-;19-10+,24-15+,25-18-;;/i12D;6D;;. The second-order valence-electron chi connectivity index (χ2n) is 23.8. The molecule has 9 heteroatoms. The second-order valence-corrected chi connectivity index (χ2v) is 29.3. The summed E-state index contributed by atoms with van der Waals surface area (Å²) in [5.74, 6) is 0. The summed E-state index contributed by atoms with van der Waals surface area (Å²) in [7, 11) is -0.430. The maximum absolute atomic E-state index is 9.04. The number of hydrogen-bond donors (Lipinski definition) is 1. The predicted molar refractivity (Wildman–Crippen MR) is 342 cm³/mol. The quantitative estimate of drug-likeness (QED) is 0.0493. The van der Waals surface area contributed by atoms with Gasteiger partial charge in [0.2, 0.25) is 0 Å². The fraction of sp³-hybridized carbons (Fsp3) is 0.701. The maximum Gasteiger partial charge on any atom is 0.200 e. The normalized spacial score (nSPS) is 13.9. The van der Waals surface area contributed by atoms with Gasteiger partial charge in [0.25, 0.3) is 0 Å². The van der Waals surface area contributed by atoms with Crippen LogP contribution < -0.4 is 0 Å². The minimum atomic E-state index is -1.93. The summed E-state index contributed by atoms with van der Waals surface area (Å²) in [4.78, 5) is 0.